The summed E-state index contributed by atoms with van der Waals surface area (Å²) in [6.07, 6.45) is 0.946. The molecule has 36 heavy (non-hydrogen) atoms. The van der Waals surface area contributed by atoms with Crippen LogP contribution < -0.4 is 22.2 Å². The molecule has 1 aromatic carbocycles. The standard InChI is InChI=1S/C23H33N7O6/c1-15(31)23(9-3-11-27-18(32)4-2-10-24)22(36)29(14-19(33)34)12-13-30(23)28-21(35)17-7-5-16(6-8-17)20(25)26/h5-8H,2-4,9-14,24H2,1H3,(H3,25,26)(H,27,32)(H,28,35)(H,33,34)/t23-/m0/s1. The first-order valence-corrected chi connectivity index (χ1v) is 11.5. The van der Waals surface area contributed by atoms with E-state index in [1.165, 1.54) is 36.2 Å². The smallest absolute Gasteiger partial charge is 0.323 e. The van der Waals surface area contributed by atoms with Crippen LogP contribution in [0.25, 0.3) is 0 Å². The largest absolute Gasteiger partial charge is 0.480 e. The topological polar surface area (TPSA) is 212 Å². The zero-order valence-electron chi connectivity index (χ0n) is 20.2. The number of hydrogen-bond donors (Lipinski definition) is 6. The van der Waals surface area contributed by atoms with Gasteiger partial charge in [-0.2, -0.15) is 5.01 Å². The molecule has 8 N–H and O–H groups in total. The van der Waals surface area contributed by atoms with Gasteiger partial charge in [0.2, 0.25) is 5.91 Å². The van der Waals surface area contributed by atoms with E-state index in [2.05, 4.69) is 10.7 Å². The summed E-state index contributed by atoms with van der Waals surface area (Å²) in [5.41, 5.74) is 12.3. The van der Waals surface area contributed by atoms with Gasteiger partial charge in [0.05, 0.1) is 0 Å². The predicted molar refractivity (Wildman–Crippen MR) is 130 cm³/mol. The summed E-state index contributed by atoms with van der Waals surface area (Å²) < 4.78 is 0. The number of nitrogens with one attached hydrogen (secondary N) is 3. The van der Waals surface area contributed by atoms with Crippen molar-refractivity contribution in [2.75, 3.05) is 32.7 Å². The zero-order valence-corrected chi connectivity index (χ0v) is 20.2. The van der Waals surface area contributed by atoms with Crippen molar-refractivity contribution < 1.29 is 29.1 Å². The normalized spacial score (nSPS) is 17.9. The number of amidine groups is 1. The van der Waals surface area contributed by atoms with Gasteiger partial charge in [-0.15, -0.1) is 0 Å². The van der Waals surface area contributed by atoms with Crippen molar-refractivity contribution in [1.29, 1.82) is 5.41 Å². The number of carbonyl (C=O) groups excluding carboxylic acids is 4. The summed E-state index contributed by atoms with van der Waals surface area (Å²) in [6, 6.07) is 5.92. The van der Waals surface area contributed by atoms with E-state index in [4.69, 9.17) is 16.9 Å². The highest BCUT2D eigenvalue weighted by atomic mass is 16.4. The van der Waals surface area contributed by atoms with Crippen LogP contribution in [0.5, 0.6) is 0 Å². The zero-order chi connectivity index (χ0) is 26.9. The molecule has 2 rings (SSSR count). The van der Waals surface area contributed by atoms with E-state index in [0.717, 1.165) is 4.90 Å². The predicted octanol–water partition coefficient (Wildman–Crippen LogP) is -1.19. The second-order valence-electron chi connectivity index (χ2n) is 8.47. The molecule has 1 fully saturated rings. The number of ketones is 1. The number of Topliss-reactive ketones (excluding diaryl/α,β-unsaturated/α-hetero) is 1. The number of aliphatic carboxylic acids is 1. The minimum absolute atomic E-state index is 0.0126. The minimum atomic E-state index is -1.84. The summed E-state index contributed by atoms with van der Waals surface area (Å²) >= 11 is 0. The lowest BCUT2D eigenvalue weighted by Gasteiger charge is -2.47. The number of rotatable bonds is 13. The van der Waals surface area contributed by atoms with Gasteiger partial charge in [-0.05, 0) is 44.9 Å². The fourth-order valence-corrected chi connectivity index (χ4v) is 4.03. The Bertz CT molecular complexity index is 1010. The number of piperazine rings is 1. The van der Waals surface area contributed by atoms with Crippen LogP contribution in [0, 0.1) is 5.41 Å². The molecule has 0 radical (unpaired) electrons. The number of amides is 3. The van der Waals surface area contributed by atoms with Gasteiger partial charge in [0.25, 0.3) is 11.8 Å². The Labute approximate surface area is 208 Å². The summed E-state index contributed by atoms with van der Waals surface area (Å²) in [7, 11) is 0. The fraction of sp³-hybridized carbons (Fsp3) is 0.478. The maximum Gasteiger partial charge on any atom is 0.323 e. The van der Waals surface area contributed by atoms with Gasteiger partial charge in [0.1, 0.15) is 12.4 Å². The van der Waals surface area contributed by atoms with Gasteiger partial charge >= 0.3 is 5.97 Å². The van der Waals surface area contributed by atoms with Gasteiger partial charge in [-0.25, -0.2) is 0 Å². The average molecular weight is 504 g/mol. The van der Waals surface area contributed by atoms with Crippen LogP contribution in [-0.4, -0.2) is 88.6 Å². The molecule has 0 unspecified atom stereocenters. The average Bonchev–Trinajstić information content (AvgIpc) is 2.83. The van der Waals surface area contributed by atoms with Crippen molar-refractivity contribution >= 4 is 35.3 Å². The van der Waals surface area contributed by atoms with E-state index in [1.807, 2.05) is 0 Å². The summed E-state index contributed by atoms with van der Waals surface area (Å²) in [5, 5.41) is 20.6. The Balaban J connectivity index is 2.26. The van der Waals surface area contributed by atoms with Crippen LogP contribution in [0.3, 0.4) is 0 Å². The molecule has 0 spiro atoms. The van der Waals surface area contributed by atoms with Crippen molar-refractivity contribution in [1.82, 2.24) is 20.7 Å². The molecule has 0 bridgehead atoms. The number of benzene rings is 1. The molecule has 1 aliphatic rings. The fourth-order valence-electron chi connectivity index (χ4n) is 4.03. The summed E-state index contributed by atoms with van der Waals surface area (Å²) in [4.78, 5) is 63.6. The minimum Gasteiger partial charge on any atom is -0.480 e. The monoisotopic (exact) mass is 503 g/mol. The van der Waals surface area contributed by atoms with Crippen LogP contribution in [-0.2, 0) is 19.2 Å². The first-order chi connectivity index (χ1) is 17.0. The molecule has 3 amide bonds. The molecule has 1 heterocycles. The molecule has 1 atom stereocenters. The highest BCUT2D eigenvalue weighted by molar-refractivity contribution is 6.11. The summed E-state index contributed by atoms with van der Waals surface area (Å²) in [5.74, 6) is -3.48. The second-order valence-corrected chi connectivity index (χ2v) is 8.47. The first-order valence-electron chi connectivity index (χ1n) is 11.5. The molecule has 0 aliphatic carbocycles. The molecular weight excluding hydrogens is 470 g/mol. The van der Waals surface area contributed by atoms with E-state index < -0.39 is 35.7 Å². The Morgan fingerprint density at radius 2 is 1.75 bits per heavy atom. The van der Waals surface area contributed by atoms with E-state index in [1.54, 1.807) is 0 Å². The summed E-state index contributed by atoms with van der Waals surface area (Å²) in [6.45, 7) is 1.18. The SMILES string of the molecule is CC(=O)[C@@]1(CCCNC(=O)CCCN)C(=O)N(CC(=O)O)CCN1NC(=O)c1ccc(C(=N)N)cc1. The number of nitrogens with two attached hydrogens (primary N) is 2. The third-order valence-electron chi connectivity index (χ3n) is 5.94. The molecule has 1 aliphatic heterocycles. The van der Waals surface area contributed by atoms with Crippen LogP contribution in [0.4, 0.5) is 0 Å². The Hall–Kier alpha value is -3.84. The number of carboxylic acids is 1. The van der Waals surface area contributed by atoms with E-state index in [-0.39, 0.29) is 56.2 Å². The molecule has 196 valence electrons. The number of nitrogens with zero attached hydrogens (tertiary/aromatic N) is 2. The molecule has 13 nitrogen and oxygen atoms in total. The van der Waals surface area contributed by atoms with Crippen molar-refractivity contribution in [2.24, 2.45) is 11.5 Å². The molecule has 1 aromatic rings. The van der Waals surface area contributed by atoms with E-state index in [9.17, 15) is 29.1 Å². The van der Waals surface area contributed by atoms with E-state index in [0.29, 0.717) is 18.5 Å². The quantitative estimate of drug-likeness (QED) is 0.0825. The lowest BCUT2D eigenvalue weighted by molar-refractivity contribution is -0.165. The number of carboxylic acid groups (broad SMARTS) is 1. The van der Waals surface area contributed by atoms with Crippen LogP contribution in [0.1, 0.15) is 48.5 Å². The number of hydrogen-bond acceptors (Lipinski definition) is 8. The van der Waals surface area contributed by atoms with Crippen LogP contribution in [0.2, 0.25) is 0 Å². The number of nitrogen functional groups attached to an aromatic ring is 1. The van der Waals surface area contributed by atoms with Gasteiger partial charge in [0, 0.05) is 37.2 Å². The highest BCUT2D eigenvalue weighted by Crippen LogP contribution is 2.28. The number of hydrazine groups is 1. The maximum atomic E-state index is 13.5. The Morgan fingerprint density at radius 3 is 2.31 bits per heavy atom. The van der Waals surface area contributed by atoms with Gasteiger partial charge < -0.3 is 26.8 Å². The van der Waals surface area contributed by atoms with Gasteiger partial charge in [0.15, 0.2) is 11.3 Å². The Kier molecular flexibility index (Phi) is 10.1. The molecule has 13 heteroatoms. The highest BCUT2D eigenvalue weighted by Gasteiger charge is 2.53. The van der Waals surface area contributed by atoms with Crippen molar-refractivity contribution in [3.63, 3.8) is 0 Å². The van der Waals surface area contributed by atoms with Crippen molar-refractivity contribution in [2.45, 2.75) is 38.1 Å². The first kappa shape index (κ1) is 28.4. The molecule has 0 saturated carbocycles. The Morgan fingerprint density at radius 1 is 1.11 bits per heavy atom. The number of carbonyl (C=O) groups is 5. The van der Waals surface area contributed by atoms with E-state index >= 15 is 0 Å². The van der Waals surface area contributed by atoms with Crippen molar-refractivity contribution in [3.8, 4) is 0 Å². The lowest BCUT2D eigenvalue weighted by atomic mass is 9.84. The van der Waals surface area contributed by atoms with Crippen molar-refractivity contribution in [3.05, 3.63) is 35.4 Å². The molecular formula is C23H33N7O6. The maximum absolute atomic E-state index is 13.5. The van der Waals surface area contributed by atoms with Gasteiger partial charge in [-0.1, -0.05) is 12.1 Å². The molecule has 0 aromatic heterocycles. The third-order valence-corrected chi connectivity index (χ3v) is 5.94. The van der Waals surface area contributed by atoms with Crippen LogP contribution >= 0.6 is 0 Å². The second kappa shape index (κ2) is 12.7. The third kappa shape index (κ3) is 6.86. The molecule has 1 saturated heterocycles. The van der Waals surface area contributed by atoms with Gasteiger partial charge in [-0.3, -0.25) is 34.8 Å². The van der Waals surface area contributed by atoms with Crippen LogP contribution in [0.15, 0.2) is 24.3 Å². The lowest BCUT2D eigenvalue weighted by Crippen LogP contribution is -2.73.